The molecule has 3 N–H and O–H groups in total. The fraction of sp³-hybridized carbons (Fsp3) is 0.500. The molecule has 1 amide bonds. The van der Waals surface area contributed by atoms with Crippen LogP contribution in [0.3, 0.4) is 0 Å². The predicted octanol–water partition coefficient (Wildman–Crippen LogP) is 1.75. The molecule has 1 aromatic heterocycles. The number of likely N-dealkylation sites (tertiary alicyclic amines) is 1. The summed E-state index contributed by atoms with van der Waals surface area (Å²) in [6.07, 6.45) is 3.48. The molecular formula is C12H16Cl2N4O. The summed E-state index contributed by atoms with van der Waals surface area (Å²) in [5.41, 5.74) is 5.87. The first kappa shape index (κ1) is 14.5. The summed E-state index contributed by atoms with van der Waals surface area (Å²) in [6.45, 7) is 1.94. The van der Waals surface area contributed by atoms with Crippen molar-refractivity contribution in [1.29, 1.82) is 0 Å². The first-order chi connectivity index (χ1) is 9.04. The number of aromatic nitrogens is 1. The lowest BCUT2D eigenvalue weighted by molar-refractivity contribution is -0.117. The van der Waals surface area contributed by atoms with Crippen molar-refractivity contribution < 1.29 is 4.79 Å². The number of hydrogen-bond acceptors (Lipinski definition) is 4. The van der Waals surface area contributed by atoms with Crippen LogP contribution in [-0.2, 0) is 4.79 Å². The van der Waals surface area contributed by atoms with Crippen LogP contribution in [0.5, 0.6) is 0 Å². The monoisotopic (exact) mass is 302 g/mol. The average molecular weight is 303 g/mol. The van der Waals surface area contributed by atoms with E-state index in [4.69, 9.17) is 28.9 Å². The third-order valence-corrected chi connectivity index (χ3v) is 3.47. The van der Waals surface area contributed by atoms with E-state index in [1.54, 1.807) is 6.07 Å². The fourth-order valence-electron chi connectivity index (χ4n) is 2.12. The number of pyridine rings is 1. The molecule has 1 unspecified atom stereocenters. The molecule has 104 valence electrons. The van der Waals surface area contributed by atoms with E-state index in [2.05, 4.69) is 10.3 Å². The van der Waals surface area contributed by atoms with Crippen molar-refractivity contribution in [3.63, 3.8) is 0 Å². The number of hydrogen-bond donors (Lipinski definition) is 2. The first-order valence-corrected chi connectivity index (χ1v) is 6.89. The topological polar surface area (TPSA) is 71.2 Å². The Balaban J connectivity index is 1.90. The van der Waals surface area contributed by atoms with E-state index >= 15 is 0 Å². The number of carbonyl (C=O) groups is 1. The number of anilines is 1. The largest absolute Gasteiger partial charge is 0.327 e. The van der Waals surface area contributed by atoms with E-state index in [0.29, 0.717) is 22.4 Å². The number of nitrogens with zero attached hydrogens (tertiary/aromatic N) is 2. The molecule has 1 aromatic rings. The van der Waals surface area contributed by atoms with Crippen LogP contribution in [0.25, 0.3) is 0 Å². The Hall–Kier alpha value is -0.880. The van der Waals surface area contributed by atoms with Gasteiger partial charge in [0.2, 0.25) is 5.91 Å². The van der Waals surface area contributed by atoms with Crippen LogP contribution in [0.4, 0.5) is 5.82 Å². The Labute approximate surface area is 122 Å². The summed E-state index contributed by atoms with van der Waals surface area (Å²) in [7, 11) is 0. The first-order valence-electron chi connectivity index (χ1n) is 6.13. The van der Waals surface area contributed by atoms with E-state index in [1.807, 2.05) is 4.90 Å². The molecule has 1 atom stereocenters. The standard InChI is InChI=1S/C12H16Cl2N4O/c13-8-4-10(14)12(16-5-8)17-11(19)7-18-3-1-2-9(15)6-18/h4-5,9H,1-3,6-7,15H2,(H,16,17,19). The van der Waals surface area contributed by atoms with Gasteiger partial charge in [-0.15, -0.1) is 0 Å². The van der Waals surface area contributed by atoms with E-state index in [1.165, 1.54) is 6.20 Å². The summed E-state index contributed by atoms with van der Waals surface area (Å²) in [5, 5.41) is 3.44. The lowest BCUT2D eigenvalue weighted by atomic mass is 10.1. The van der Waals surface area contributed by atoms with Gasteiger partial charge in [0, 0.05) is 18.8 Å². The molecule has 0 radical (unpaired) electrons. The van der Waals surface area contributed by atoms with Crippen LogP contribution in [0.15, 0.2) is 12.3 Å². The smallest absolute Gasteiger partial charge is 0.239 e. The lowest BCUT2D eigenvalue weighted by Gasteiger charge is -2.29. The van der Waals surface area contributed by atoms with Crippen molar-refractivity contribution in [1.82, 2.24) is 9.88 Å². The van der Waals surface area contributed by atoms with Crippen molar-refractivity contribution >= 4 is 34.9 Å². The van der Waals surface area contributed by atoms with Crippen LogP contribution in [-0.4, -0.2) is 41.5 Å². The zero-order chi connectivity index (χ0) is 13.8. The molecule has 1 fully saturated rings. The molecule has 0 spiro atoms. The van der Waals surface area contributed by atoms with Crippen molar-refractivity contribution in [3.05, 3.63) is 22.3 Å². The van der Waals surface area contributed by atoms with Crippen molar-refractivity contribution in [2.75, 3.05) is 25.0 Å². The minimum atomic E-state index is -0.147. The van der Waals surface area contributed by atoms with E-state index in [-0.39, 0.29) is 11.9 Å². The third kappa shape index (κ3) is 4.31. The van der Waals surface area contributed by atoms with E-state index in [0.717, 1.165) is 25.9 Å². The van der Waals surface area contributed by atoms with Gasteiger partial charge in [0.05, 0.1) is 16.6 Å². The summed E-state index contributed by atoms with van der Waals surface area (Å²) < 4.78 is 0. The predicted molar refractivity (Wildman–Crippen MR) is 76.5 cm³/mol. The van der Waals surface area contributed by atoms with Gasteiger partial charge in [-0.3, -0.25) is 9.69 Å². The Morgan fingerprint density at radius 3 is 3.05 bits per heavy atom. The minimum absolute atomic E-state index is 0.147. The number of halogens is 2. The normalized spacial score (nSPS) is 20.3. The second-order valence-electron chi connectivity index (χ2n) is 4.67. The molecule has 0 bridgehead atoms. The summed E-state index contributed by atoms with van der Waals surface area (Å²) in [4.78, 5) is 17.9. The van der Waals surface area contributed by atoms with Gasteiger partial charge in [-0.1, -0.05) is 23.2 Å². The molecule has 19 heavy (non-hydrogen) atoms. The third-order valence-electron chi connectivity index (χ3n) is 2.97. The van der Waals surface area contributed by atoms with Crippen molar-refractivity contribution in [2.45, 2.75) is 18.9 Å². The SMILES string of the molecule is NC1CCCN(CC(=O)Nc2ncc(Cl)cc2Cl)C1. The molecule has 1 aliphatic rings. The van der Waals surface area contributed by atoms with Crippen molar-refractivity contribution in [3.8, 4) is 0 Å². The Kier molecular flexibility index (Phi) is 4.99. The molecule has 5 nitrogen and oxygen atoms in total. The van der Waals surface area contributed by atoms with Gasteiger partial charge in [0.15, 0.2) is 5.82 Å². The molecule has 0 saturated carbocycles. The molecule has 2 rings (SSSR count). The lowest BCUT2D eigenvalue weighted by Crippen LogP contribution is -2.45. The van der Waals surface area contributed by atoms with Gasteiger partial charge in [-0.2, -0.15) is 0 Å². The average Bonchev–Trinajstić information content (AvgIpc) is 2.33. The number of piperidine rings is 1. The maximum absolute atomic E-state index is 11.9. The number of rotatable bonds is 3. The zero-order valence-corrected chi connectivity index (χ0v) is 11.9. The molecule has 1 aliphatic heterocycles. The summed E-state index contributed by atoms with van der Waals surface area (Å²) in [6, 6.07) is 1.70. The van der Waals surface area contributed by atoms with Gasteiger partial charge in [0.1, 0.15) is 0 Å². The molecule has 2 heterocycles. The van der Waals surface area contributed by atoms with Crippen LogP contribution in [0, 0.1) is 0 Å². The quantitative estimate of drug-likeness (QED) is 0.892. The van der Waals surface area contributed by atoms with Crippen LogP contribution in [0.2, 0.25) is 10.0 Å². The maximum atomic E-state index is 11.9. The Morgan fingerprint density at radius 1 is 1.58 bits per heavy atom. The number of nitrogens with two attached hydrogens (primary N) is 1. The maximum Gasteiger partial charge on any atom is 0.239 e. The molecule has 0 aliphatic carbocycles. The van der Waals surface area contributed by atoms with Gasteiger partial charge < -0.3 is 11.1 Å². The number of amides is 1. The van der Waals surface area contributed by atoms with E-state index < -0.39 is 0 Å². The highest BCUT2D eigenvalue weighted by Gasteiger charge is 2.19. The van der Waals surface area contributed by atoms with Gasteiger partial charge in [-0.25, -0.2) is 4.98 Å². The van der Waals surface area contributed by atoms with Gasteiger partial charge in [0.25, 0.3) is 0 Å². The Morgan fingerprint density at radius 2 is 2.37 bits per heavy atom. The second kappa shape index (κ2) is 6.52. The Bertz CT molecular complexity index is 469. The number of nitrogens with one attached hydrogen (secondary N) is 1. The van der Waals surface area contributed by atoms with Crippen molar-refractivity contribution in [2.24, 2.45) is 5.73 Å². The van der Waals surface area contributed by atoms with Gasteiger partial charge >= 0.3 is 0 Å². The second-order valence-corrected chi connectivity index (χ2v) is 5.51. The molecule has 1 saturated heterocycles. The molecule has 7 heteroatoms. The summed E-state index contributed by atoms with van der Waals surface area (Å²) in [5.74, 6) is 0.184. The molecular weight excluding hydrogens is 287 g/mol. The van der Waals surface area contributed by atoms with Crippen LogP contribution in [0.1, 0.15) is 12.8 Å². The van der Waals surface area contributed by atoms with Crippen LogP contribution >= 0.6 is 23.2 Å². The minimum Gasteiger partial charge on any atom is -0.327 e. The highest BCUT2D eigenvalue weighted by Crippen LogP contribution is 2.22. The fourth-order valence-corrected chi connectivity index (χ4v) is 2.54. The molecule has 0 aromatic carbocycles. The van der Waals surface area contributed by atoms with E-state index in [9.17, 15) is 4.79 Å². The zero-order valence-electron chi connectivity index (χ0n) is 10.4. The van der Waals surface area contributed by atoms with Crippen LogP contribution < -0.4 is 11.1 Å². The van der Waals surface area contributed by atoms with Gasteiger partial charge in [-0.05, 0) is 25.5 Å². The highest BCUT2D eigenvalue weighted by molar-refractivity contribution is 6.36. The summed E-state index contributed by atoms with van der Waals surface area (Å²) >= 11 is 11.7. The number of carbonyl (C=O) groups excluding carboxylic acids is 1. The highest BCUT2D eigenvalue weighted by atomic mass is 35.5.